The third-order valence-electron chi connectivity index (χ3n) is 7.74. The van der Waals surface area contributed by atoms with Crippen molar-refractivity contribution in [1.29, 1.82) is 0 Å². The van der Waals surface area contributed by atoms with Crippen molar-refractivity contribution >= 4 is 34.6 Å². The van der Waals surface area contributed by atoms with Gasteiger partial charge in [-0.3, -0.25) is 9.59 Å². The topological polar surface area (TPSA) is 127 Å². The molecule has 4 N–H and O–H groups in total. The van der Waals surface area contributed by atoms with Gasteiger partial charge in [-0.2, -0.15) is 0 Å². The minimum Gasteiger partial charge on any atom is -0.378 e. The van der Waals surface area contributed by atoms with Crippen molar-refractivity contribution in [1.82, 2.24) is 19.5 Å². The SMILES string of the molecule is C=C(/C=C(/Nc1ccc(C(=O)N2CCOCC2)cn1)c1nccn1N)c1cccc(NC(=O)c2ccc(C(C)(C)C)cc2)c1C. The van der Waals surface area contributed by atoms with Crippen LogP contribution in [0.3, 0.4) is 0 Å². The molecule has 0 saturated carbocycles. The lowest BCUT2D eigenvalue weighted by molar-refractivity contribution is 0.0302. The monoisotopic (exact) mass is 605 g/mol. The zero-order valence-electron chi connectivity index (χ0n) is 26.1. The molecule has 3 heterocycles. The summed E-state index contributed by atoms with van der Waals surface area (Å²) in [5.74, 6) is 6.87. The van der Waals surface area contributed by atoms with E-state index >= 15 is 0 Å². The molecule has 0 spiro atoms. The van der Waals surface area contributed by atoms with Crippen molar-refractivity contribution in [3.63, 3.8) is 0 Å². The fourth-order valence-electron chi connectivity index (χ4n) is 5.05. The van der Waals surface area contributed by atoms with Crippen molar-refractivity contribution < 1.29 is 14.3 Å². The van der Waals surface area contributed by atoms with Gasteiger partial charge in [0.25, 0.3) is 11.8 Å². The van der Waals surface area contributed by atoms with Gasteiger partial charge >= 0.3 is 0 Å². The Morgan fingerprint density at radius 3 is 2.31 bits per heavy atom. The summed E-state index contributed by atoms with van der Waals surface area (Å²) in [5.41, 5.74) is 5.85. The number of imidazole rings is 1. The van der Waals surface area contributed by atoms with Gasteiger partial charge in [-0.1, -0.05) is 51.6 Å². The van der Waals surface area contributed by atoms with Gasteiger partial charge in [0.2, 0.25) is 0 Å². The number of pyridine rings is 1. The number of rotatable bonds is 8. The molecule has 1 fully saturated rings. The largest absolute Gasteiger partial charge is 0.378 e. The number of aromatic nitrogens is 3. The van der Waals surface area contributed by atoms with Crippen LogP contribution in [0.5, 0.6) is 0 Å². The molecule has 10 nitrogen and oxygen atoms in total. The second kappa shape index (κ2) is 13.2. The van der Waals surface area contributed by atoms with E-state index in [4.69, 9.17) is 10.6 Å². The van der Waals surface area contributed by atoms with Gasteiger partial charge in [0.1, 0.15) is 5.82 Å². The molecule has 45 heavy (non-hydrogen) atoms. The molecule has 0 radical (unpaired) electrons. The Hall–Kier alpha value is -5.22. The lowest BCUT2D eigenvalue weighted by Crippen LogP contribution is -2.40. The summed E-state index contributed by atoms with van der Waals surface area (Å²) in [6.07, 6.45) is 6.62. The van der Waals surface area contributed by atoms with E-state index in [9.17, 15) is 9.59 Å². The highest BCUT2D eigenvalue weighted by atomic mass is 16.5. The molecule has 2 amide bonds. The second-order valence-corrected chi connectivity index (χ2v) is 12.0. The number of hydrogen-bond acceptors (Lipinski definition) is 7. The molecular formula is C35H39N7O3. The van der Waals surface area contributed by atoms with Crippen LogP contribution in [0.15, 0.2) is 85.8 Å². The molecule has 1 aliphatic rings. The number of amides is 2. The predicted octanol–water partition coefficient (Wildman–Crippen LogP) is 5.49. The van der Waals surface area contributed by atoms with E-state index in [0.29, 0.717) is 66.0 Å². The number of ether oxygens (including phenoxy) is 1. The average Bonchev–Trinajstić information content (AvgIpc) is 3.47. The van der Waals surface area contributed by atoms with Crippen LogP contribution in [0.2, 0.25) is 0 Å². The minimum absolute atomic E-state index is 0.00414. The molecule has 4 aromatic rings. The van der Waals surface area contributed by atoms with E-state index < -0.39 is 0 Å². The van der Waals surface area contributed by atoms with E-state index in [1.807, 2.05) is 55.5 Å². The van der Waals surface area contributed by atoms with E-state index in [2.05, 4.69) is 48.0 Å². The number of benzene rings is 2. The molecule has 0 bridgehead atoms. The molecule has 1 aliphatic heterocycles. The molecule has 2 aromatic carbocycles. The number of anilines is 2. The number of allylic oxidation sites excluding steroid dienone is 2. The first-order valence-electron chi connectivity index (χ1n) is 14.8. The van der Waals surface area contributed by atoms with Gasteiger partial charge in [0.05, 0.1) is 24.5 Å². The number of nitrogens with two attached hydrogens (primary N) is 1. The van der Waals surface area contributed by atoms with Crippen LogP contribution in [0.4, 0.5) is 11.5 Å². The average molecular weight is 606 g/mol. The number of morpholine rings is 1. The van der Waals surface area contributed by atoms with Crippen LogP contribution in [0.25, 0.3) is 11.3 Å². The second-order valence-electron chi connectivity index (χ2n) is 12.0. The van der Waals surface area contributed by atoms with Gasteiger partial charge in [0, 0.05) is 42.9 Å². The van der Waals surface area contributed by atoms with Crippen LogP contribution in [-0.2, 0) is 10.2 Å². The van der Waals surface area contributed by atoms with Crippen molar-refractivity contribution in [2.24, 2.45) is 0 Å². The fourth-order valence-corrected chi connectivity index (χ4v) is 5.05. The summed E-state index contributed by atoms with van der Waals surface area (Å²) in [7, 11) is 0. The summed E-state index contributed by atoms with van der Waals surface area (Å²) < 4.78 is 6.75. The summed E-state index contributed by atoms with van der Waals surface area (Å²) >= 11 is 0. The highest BCUT2D eigenvalue weighted by Gasteiger charge is 2.20. The maximum atomic E-state index is 13.1. The van der Waals surface area contributed by atoms with Gasteiger partial charge in [-0.05, 0) is 71.0 Å². The summed E-state index contributed by atoms with van der Waals surface area (Å²) in [6.45, 7) is 14.9. The zero-order chi connectivity index (χ0) is 32.1. The normalized spacial score (nSPS) is 13.8. The third kappa shape index (κ3) is 7.30. The molecule has 0 aliphatic carbocycles. The fraction of sp³-hybridized carbons (Fsp3) is 0.257. The third-order valence-corrected chi connectivity index (χ3v) is 7.74. The number of hydrogen-bond donors (Lipinski definition) is 3. The lowest BCUT2D eigenvalue weighted by atomic mass is 9.86. The summed E-state index contributed by atoms with van der Waals surface area (Å²) in [5, 5.41) is 6.33. The molecule has 0 unspecified atom stereocenters. The maximum Gasteiger partial charge on any atom is 0.255 e. The minimum atomic E-state index is -0.189. The highest BCUT2D eigenvalue weighted by Crippen LogP contribution is 2.29. The molecule has 1 saturated heterocycles. The van der Waals surface area contributed by atoms with E-state index in [-0.39, 0.29) is 17.2 Å². The summed E-state index contributed by atoms with van der Waals surface area (Å²) in [6, 6.07) is 16.8. The first-order chi connectivity index (χ1) is 21.5. The molecule has 0 atom stereocenters. The van der Waals surface area contributed by atoms with Gasteiger partial charge in [0.15, 0.2) is 5.82 Å². The Balaban J connectivity index is 1.36. The van der Waals surface area contributed by atoms with Crippen molar-refractivity contribution in [2.45, 2.75) is 33.1 Å². The number of carbonyl (C=O) groups is 2. The van der Waals surface area contributed by atoms with Crippen molar-refractivity contribution in [2.75, 3.05) is 42.8 Å². The Morgan fingerprint density at radius 2 is 1.69 bits per heavy atom. The van der Waals surface area contributed by atoms with E-state index in [1.54, 1.807) is 35.6 Å². The Labute approximate surface area is 263 Å². The zero-order valence-corrected chi connectivity index (χ0v) is 26.1. The number of nitrogens with one attached hydrogen (secondary N) is 2. The maximum absolute atomic E-state index is 13.1. The van der Waals surface area contributed by atoms with Crippen LogP contribution < -0.4 is 16.5 Å². The smallest absolute Gasteiger partial charge is 0.255 e. The first-order valence-corrected chi connectivity index (χ1v) is 14.8. The Kier molecular flexibility index (Phi) is 9.15. The molecular weight excluding hydrogens is 566 g/mol. The molecule has 2 aromatic heterocycles. The number of nitrogens with zero attached hydrogens (tertiary/aromatic N) is 4. The van der Waals surface area contributed by atoms with Crippen LogP contribution in [-0.4, -0.2) is 57.7 Å². The molecule has 5 rings (SSSR count). The molecule has 232 valence electrons. The number of carbonyl (C=O) groups excluding carboxylic acids is 2. The van der Waals surface area contributed by atoms with Gasteiger partial charge < -0.3 is 26.1 Å². The van der Waals surface area contributed by atoms with Gasteiger partial charge in [-0.25, -0.2) is 14.6 Å². The Morgan fingerprint density at radius 1 is 0.978 bits per heavy atom. The van der Waals surface area contributed by atoms with Crippen LogP contribution >= 0.6 is 0 Å². The quantitative estimate of drug-likeness (QED) is 0.179. The van der Waals surface area contributed by atoms with Crippen LogP contribution in [0.1, 0.15) is 64.0 Å². The van der Waals surface area contributed by atoms with Gasteiger partial charge in [-0.15, -0.1) is 0 Å². The highest BCUT2D eigenvalue weighted by molar-refractivity contribution is 6.05. The van der Waals surface area contributed by atoms with Crippen molar-refractivity contribution in [3.8, 4) is 0 Å². The number of nitrogen functional groups attached to an aromatic ring is 1. The predicted molar refractivity (Wildman–Crippen MR) is 178 cm³/mol. The van der Waals surface area contributed by atoms with E-state index in [1.165, 1.54) is 4.68 Å². The first kappa shape index (κ1) is 31.2. The lowest BCUT2D eigenvalue weighted by Gasteiger charge is -2.26. The van der Waals surface area contributed by atoms with Crippen molar-refractivity contribution in [3.05, 3.63) is 119 Å². The van der Waals surface area contributed by atoms with Crippen LogP contribution in [0, 0.1) is 6.92 Å². The standard InChI is InChI=1S/C35H39N7O3/c1-23(28-7-6-8-29(24(28)2)40-33(43)25-9-12-27(13-10-25)35(3,4)5)21-30(32-37-15-16-42(32)36)39-31-14-11-26(22-38-31)34(44)41-17-19-45-20-18-41/h6-16,21-22H,1,17-20,36H2,2-5H3,(H,38,39)(H,40,43)/b30-21+. The Bertz CT molecular complexity index is 1730. The summed E-state index contributed by atoms with van der Waals surface area (Å²) in [4.78, 5) is 36.6. The van der Waals surface area contributed by atoms with E-state index in [0.717, 1.165) is 16.7 Å². The molecule has 10 heteroatoms.